The average Bonchev–Trinajstić information content (AvgIpc) is 2.88. The number of furan rings is 1. The number of unbranched alkanes of at least 4 members (excludes halogenated alkanes) is 2. The first kappa shape index (κ1) is 15.6. The maximum atomic E-state index is 6.08. The van der Waals surface area contributed by atoms with Gasteiger partial charge in [-0.25, -0.2) is 0 Å². The Hall–Kier alpha value is -0.800. The first-order valence-corrected chi connectivity index (χ1v) is 8.46. The van der Waals surface area contributed by atoms with Crippen LogP contribution in [0, 0.1) is 0 Å². The lowest BCUT2D eigenvalue weighted by molar-refractivity contribution is 0.398. The summed E-state index contributed by atoms with van der Waals surface area (Å²) in [7, 11) is 0. The number of para-hydroxylation sites is 1. The number of hydrogen-bond donors (Lipinski definition) is 1. The van der Waals surface area contributed by atoms with Gasteiger partial charge in [0.1, 0.15) is 11.3 Å². The molecule has 0 fully saturated rings. The van der Waals surface area contributed by atoms with Crippen molar-refractivity contribution in [1.82, 2.24) is 5.32 Å². The van der Waals surface area contributed by atoms with Gasteiger partial charge >= 0.3 is 0 Å². The molecule has 0 saturated heterocycles. The van der Waals surface area contributed by atoms with Gasteiger partial charge in [0, 0.05) is 5.39 Å². The van der Waals surface area contributed by atoms with Crippen LogP contribution in [0.3, 0.4) is 0 Å². The van der Waals surface area contributed by atoms with Crippen LogP contribution < -0.4 is 5.32 Å². The summed E-state index contributed by atoms with van der Waals surface area (Å²) in [5, 5.41) is 4.79. The SMILES string of the molecule is CCCCCC(NCCC)c1cc2cccc(Br)c2o1. The summed E-state index contributed by atoms with van der Waals surface area (Å²) in [6.45, 7) is 5.48. The van der Waals surface area contributed by atoms with E-state index < -0.39 is 0 Å². The number of rotatable bonds is 8. The van der Waals surface area contributed by atoms with Crippen molar-refractivity contribution >= 4 is 26.9 Å². The molecule has 20 heavy (non-hydrogen) atoms. The summed E-state index contributed by atoms with van der Waals surface area (Å²) in [6.07, 6.45) is 6.08. The molecule has 3 heteroatoms. The lowest BCUT2D eigenvalue weighted by atomic mass is 10.1. The first-order chi connectivity index (χ1) is 9.76. The molecular formula is C17H24BrNO. The van der Waals surface area contributed by atoms with E-state index in [0.29, 0.717) is 6.04 Å². The quantitative estimate of drug-likeness (QED) is 0.614. The molecule has 110 valence electrons. The smallest absolute Gasteiger partial charge is 0.148 e. The van der Waals surface area contributed by atoms with Crippen LogP contribution in [0.1, 0.15) is 57.8 Å². The van der Waals surface area contributed by atoms with Crippen molar-refractivity contribution in [2.75, 3.05) is 6.54 Å². The van der Waals surface area contributed by atoms with Gasteiger partial charge in [0.2, 0.25) is 0 Å². The highest BCUT2D eigenvalue weighted by molar-refractivity contribution is 9.10. The summed E-state index contributed by atoms with van der Waals surface area (Å²) in [4.78, 5) is 0. The normalized spacial score (nSPS) is 12.9. The van der Waals surface area contributed by atoms with E-state index in [1.807, 2.05) is 6.07 Å². The second kappa shape index (κ2) is 7.84. The van der Waals surface area contributed by atoms with Crippen LogP contribution in [0.15, 0.2) is 33.2 Å². The van der Waals surface area contributed by atoms with Gasteiger partial charge < -0.3 is 9.73 Å². The fourth-order valence-corrected chi connectivity index (χ4v) is 2.94. The molecule has 0 bridgehead atoms. The number of benzene rings is 1. The minimum Gasteiger partial charge on any atom is -0.458 e. The number of fused-ring (bicyclic) bond motifs is 1. The highest BCUT2D eigenvalue weighted by Gasteiger charge is 2.16. The van der Waals surface area contributed by atoms with Crippen molar-refractivity contribution in [2.45, 2.75) is 52.0 Å². The van der Waals surface area contributed by atoms with Crippen molar-refractivity contribution in [3.63, 3.8) is 0 Å². The molecule has 0 aliphatic rings. The molecule has 0 radical (unpaired) electrons. The van der Waals surface area contributed by atoms with Crippen LogP contribution in [0.2, 0.25) is 0 Å². The van der Waals surface area contributed by atoms with E-state index in [0.717, 1.165) is 35.2 Å². The minimum atomic E-state index is 0.334. The predicted molar refractivity (Wildman–Crippen MR) is 89.1 cm³/mol. The van der Waals surface area contributed by atoms with Crippen LogP contribution in [-0.2, 0) is 0 Å². The fourth-order valence-electron chi connectivity index (χ4n) is 2.48. The molecule has 0 aliphatic heterocycles. The van der Waals surface area contributed by atoms with Crippen LogP contribution >= 0.6 is 15.9 Å². The van der Waals surface area contributed by atoms with E-state index in [1.54, 1.807) is 0 Å². The molecule has 0 spiro atoms. The topological polar surface area (TPSA) is 25.2 Å². The van der Waals surface area contributed by atoms with Crippen LogP contribution in [0.4, 0.5) is 0 Å². The highest BCUT2D eigenvalue weighted by atomic mass is 79.9. The van der Waals surface area contributed by atoms with Crippen molar-refractivity contribution < 1.29 is 4.42 Å². The molecule has 0 saturated carbocycles. The zero-order valence-corrected chi connectivity index (χ0v) is 14.0. The largest absolute Gasteiger partial charge is 0.458 e. The average molecular weight is 338 g/mol. The number of hydrogen-bond acceptors (Lipinski definition) is 2. The molecule has 1 N–H and O–H groups in total. The van der Waals surface area contributed by atoms with Crippen molar-refractivity contribution in [1.29, 1.82) is 0 Å². The predicted octanol–water partition coefficient (Wildman–Crippen LogP) is 5.82. The summed E-state index contributed by atoms with van der Waals surface area (Å²) in [5.74, 6) is 1.07. The standard InChI is InChI=1S/C17H24BrNO/c1-3-5-6-10-15(19-11-4-2)16-12-13-8-7-9-14(18)17(13)20-16/h7-9,12,15,19H,3-6,10-11H2,1-2H3. The van der Waals surface area contributed by atoms with E-state index in [-0.39, 0.29) is 0 Å². The van der Waals surface area contributed by atoms with Crippen LogP contribution in [0.5, 0.6) is 0 Å². The van der Waals surface area contributed by atoms with Gasteiger partial charge in [-0.1, -0.05) is 45.2 Å². The van der Waals surface area contributed by atoms with Gasteiger partial charge in [-0.3, -0.25) is 0 Å². The molecule has 0 amide bonds. The summed E-state index contributed by atoms with van der Waals surface area (Å²) >= 11 is 3.56. The number of nitrogens with one attached hydrogen (secondary N) is 1. The highest BCUT2D eigenvalue weighted by Crippen LogP contribution is 2.31. The third kappa shape index (κ3) is 3.86. The lowest BCUT2D eigenvalue weighted by Crippen LogP contribution is -2.21. The Kier molecular flexibility index (Phi) is 6.11. The zero-order valence-electron chi connectivity index (χ0n) is 12.4. The molecule has 1 heterocycles. The Morgan fingerprint density at radius 3 is 2.75 bits per heavy atom. The molecule has 1 aromatic heterocycles. The lowest BCUT2D eigenvalue weighted by Gasteiger charge is -2.15. The Morgan fingerprint density at radius 2 is 2.05 bits per heavy atom. The van der Waals surface area contributed by atoms with Gasteiger partial charge in [-0.05, 0) is 47.4 Å². The van der Waals surface area contributed by atoms with E-state index in [9.17, 15) is 0 Å². The summed E-state index contributed by atoms with van der Waals surface area (Å²) in [5.41, 5.74) is 0.960. The Labute approximate surface area is 130 Å². The van der Waals surface area contributed by atoms with Crippen molar-refractivity contribution in [2.24, 2.45) is 0 Å². The van der Waals surface area contributed by atoms with Crippen molar-refractivity contribution in [3.05, 3.63) is 34.5 Å². The maximum absolute atomic E-state index is 6.08. The molecular weight excluding hydrogens is 314 g/mol. The monoisotopic (exact) mass is 337 g/mol. The summed E-state index contributed by atoms with van der Waals surface area (Å²) in [6, 6.07) is 8.70. The van der Waals surface area contributed by atoms with Gasteiger partial charge in [-0.15, -0.1) is 0 Å². The molecule has 2 nitrogen and oxygen atoms in total. The van der Waals surface area contributed by atoms with Crippen molar-refractivity contribution in [3.8, 4) is 0 Å². The van der Waals surface area contributed by atoms with E-state index in [2.05, 4.69) is 53.3 Å². The second-order valence-electron chi connectivity index (χ2n) is 5.31. The zero-order chi connectivity index (χ0) is 14.4. The van der Waals surface area contributed by atoms with Gasteiger partial charge in [0.25, 0.3) is 0 Å². The van der Waals surface area contributed by atoms with Gasteiger partial charge in [-0.2, -0.15) is 0 Å². The number of halogens is 1. The fraction of sp³-hybridized carbons (Fsp3) is 0.529. The van der Waals surface area contributed by atoms with Gasteiger partial charge in [0.15, 0.2) is 0 Å². The third-order valence-corrected chi connectivity index (χ3v) is 4.22. The maximum Gasteiger partial charge on any atom is 0.148 e. The summed E-state index contributed by atoms with van der Waals surface area (Å²) < 4.78 is 7.11. The molecule has 1 atom stereocenters. The molecule has 0 aliphatic carbocycles. The van der Waals surface area contributed by atoms with Gasteiger partial charge in [0.05, 0.1) is 10.5 Å². The molecule has 2 rings (SSSR count). The van der Waals surface area contributed by atoms with Crippen LogP contribution in [0.25, 0.3) is 11.0 Å². The molecule has 1 aromatic carbocycles. The minimum absolute atomic E-state index is 0.334. The van der Waals surface area contributed by atoms with E-state index in [4.69, 9.17) is 4.42 Å². The Morgan fingerprint density at radius 1 is 1.20 bits per heavy atom. The molecule has 2 aromatic rings. The van der Waals surface area contributed by atoms with E-state index in [1.165, 1.54) is 24.6 Å². The second-order valence-corrected chi connectivity index (χ2v) is 6.16. The first-order valence-electron chi connectivity index (χ1n) is 7.67. The Balaban J connectivity index is 2.18. The Bertz CT molecular complexity index is 535. The van der Waals surface area contributed by atoms with E-state index >= 15 is 0 Å². The molecule has 1 unspecified atom stereocenters. The van der Waals surface area contributed by atoms with Crippen LogP contribution in [-0.4, -0.2) is 6.54 Å². The third-order valence-electron chi connectivity index (χ3n) is 3.60.